The molecule has 130 valence electrons. The van der Waals surface area contributed by atoms with Crippen LogP contribution in [0.3, 0.4) is 0 Å². The van der Waals surface area contributed by atoms with Crippen molar-refractivity contribution in [1.82, 2.24) is 10.2 Å². The van der Waals surface area contributed by atoms with Crippen LogP contribution >= 0.6 is 0 Å². The molecule has 0 unspecified atom stereocenters. The molecule has 8 heteroatoms. The number of hydrogen-bond acceptors (Lipinski definition) is 6. The Labute approximate surface area is 142 Å². The molecule has 0 spiro atoms. The van der Waals surface area contributed by atoms with Gasteiger partial charge < -0.3 is 10.1 Å². The molecule has 7 nitrogen and oxygen atoms in total. The lowest BCUT2D eigenvalue weighted by atomic mass is 10.3. The number of hydrogen-bond donors (Lipinski definition) is 2. The molecule has 0 amide bonds. The standard InChI is InChI=1S/C16H22N4O3S/c1-11(2)17-15-9-10-16(19-18-15)20-24(21,22)14-7-5-13(6-8-14)23-12(3)4/h5-12H,1-4H3,(H,17,18)(H,19,20). The van der Waals surface area contributed by atoms with Crippen LogP contribution < -0.4 is 14.8 Å². The summed E-state index contributed by atoms with van der Waals surface area (Å²) in [5, 5.41) is 10.9. The fraction of sp³-hybridized carbons (Fsp3) is 0.375. The Hall–Kier alpha value is -2.35. The number of anilines is 2. The molecular weight excluding hydrogens is 328 g/mol. The summed E-state index contributed by atoms with van der Waals surface area (Å²) in [7, 11) is -3.72. The molecule has 2 N–H and O–H groups in total. The highest BCUT2D eigenvalue weighted by atomic mass is 32.2. The van der Waals surface area contributed by atoms with Crippen LogP contribution in [0.4, 0.5) is 11.6 Å². The van der Waals surface area contributed by atoms with Crippen LogP contribution in [0.25, 0.3) is 0 Å². The molecule has 0 aliphatic rings. The monoisotopic (exact) mass is 350 g/mol. The van der Waals surface area contributed by atoms with Crippen LogP contribution in [0, 0.1) is 0 Å². The van der Waals surface area contributed by atoms with E-state index in [-0.39, 0.29) is 22.9 Å². The smallest absolute Gasteiger partial charge is 0.263 e. The lowest BCUT2D eigenvalue weighted by Crippen LogP contribution is -2.15. The average Bonchev–Trinajstić information content (AvgIpc) is 2.48. The lowest BCUT2D eigenvalue weighted by Gasteiger charge is -2.11. The molecule has 0 fully saturated rings. The van der Waals surface area contributed by atoms with Crippen LogP contribution in [0.1, 0.15) is 27.7 Å². The zero-order valence-corrected chi connectivity index (χ0v) is 15.0. The zero-order chi connectivity index (χ0) is 17.7. The SMILES string of the molecule is CC(C)Nc1ccc(NS(=O)(=O)c2ccc(OC(C)C)cc2)nn1. The molecule has 2 aromatic rings. The van der Waals surface area contributed by atoms with E-state index in [1.165, 1.54) is 12.1 Å². The van der Waals surface area contributed by atoms with Gasteiger partial charge in [-0.05, 0) is 64.1 Å². The maximum atomic E-state index is 12.4. The van der Waals surface area contributed by atoms with E-state index in [0.717, 1.165) is 0 Å². The number of ether oxygens (including phenoxy) is 1. The molecule has 0 atom stereocenters. The second kappa shape index (κ2) is 7.48. The number of aromatic nitrogens is 2. The first-order valence-electron chi connectivity index (χ1n) is 7.66. The van der Waals surface area contributed by atoms with Gasteiger partial charge in [-0.3, -0.25) is 4.72 Å². The second-order valence-corrected chi connectivity index (χ2v) is 7.53. The van der Waals surface area contributed by atoms with Gasteiger partial charge in [0.1, 0.15) is 11.6 Å². The molecule has 1 aromatic carbocycles. The minimum Gasteiger partial charge on any atom is -0.491 e. The molecular formula is C16H22N4O3S. The van der Waals surface area contributed by atoms with Crippen molar-refractivity contribution in [2.45, 2.75) is 44.7 Å². The molecule has 0 saturated carbocycles. The number of sulfonamides is 1. The van der Waals surface area contributed by atoms with Crippen molar-refractivity contribution in [2.75, 3.05) is 10.0 Å². The Kier molecular flexibility index (Phi) is 5.61. The number of nitrogens with one attached hydrogen (secondary N) is 2. The zero-order valence-electron chi connectivity index (χ0n) is 14.1. The third-order valence-electron chi connectivity index (χ3n) is 2.85. The van der Waals surface area contributed by atoms with Crippen LogP contribution in [-0.4, -0.2) is 30.8 Å². The van der Waals surface area contributed by atoms with E-state index in [9.17, 15) is 8.42 Å². The first-order chi connectivity index (χ1) is 11.3. The summed E-state index contributed by atoms with van der Waals surface area (Å²) in [4.78, 5) is 0.129. The summed E-state index contributed by atoms with van der Waals surface area (Å²) in [6.07, 6.45) is 0.0267. The summed E-state index contributed by atoms with van der Waals surface area (Å²) < 4.78 is 32.6. The van der Waals surface area contributed by atoms with E-state index in [4.69, 9.17) is 4.74 Å². The molecule has 0 saturated heterocycles. The Balaban J connectivity index is 2.10. The van der Waals surface area contributed by atoms with E-state index in [0.29, 0.717) is 11.6 Å². The van der Waals surface area contributed by atoms with Gasteiger partial charge in [0.2, 0.25) is 0 Å². The third kappa shape index (κ3) is 5.09. The van der Waals surface area contributed by atoms with E-state index in [2.05, 4.69) is 20.2 Å². The molecule has 24 heavy (non-hydrogen) atoms. The van der Waals surface area contributed by atoms with Crippen LogP contribution in [0.15, 0.2) is 41.3 Å². The third-order valence-corrected chi connectivity index (χ3v) is 4.22. The first kappa shape index (κ1) is 18.0. The fourth-order valence-corrected chi connectivity index (χ4v) is 2.92. The maximum Gasteiger partial charge on any atom is 0.263 e. The Morgan fingerprint density at radius 1 is 0.917 bits per heavy atom. The topological polar surface area (TPSA) is 93.2 Å². The van der Waals surface area contributed by atoms with E-state index < -0.39 is 10.0 Å². The predicted octanol–water partition coefficient (Wildman–Crippen LogP) is 2.88. The Morgan fingerprint density at radius 3 is 2.00 bits per heavy atom. The molecule has 1 aromatic heterocycles. The predicted molar refractivity (Wildman–Crippen MR) is 93.8 cm³/mol. The van der Waals surface area contributed by atoms with Gasteiger partial charge in [-0.2, -0.15) is 0 Å². The largest absolute Gasteiger partial charge is 0.491 e. The number of rotatable bonds is 7. The highest BCUT2D eigenvalue weighted by molar-refractivity contribution is 7.92. The van der Waals surface area contributed by atoms with E-state index in [1.807, 2.05) is 27.7 Å². The summed E-state index contributed by atoms with van der Waals surface area (Å²) >= 11 is 0. The average molecular weight is 350 g/mol. The second-order valence-electron chi connectivity index (χ2n) is 5.85. The van der Waals surface area contributed by atoms with Gasteiger partial charge in [0, 0.05) is 6.04 Å². The van der Waals surface area contributed by atoms with Crippen molar-refractivity contribution >= 4 is 21.7 Å². The van der Waals surface area contributed by atoms with Gasteiger partial charge in [-0.15, -0.1) is 10.2 Å². The lowest BCUT2D eigenvalue weighted by molar-refractivity contribution is 0.242. The number of benzene rings is 1. The van der Waals surface area contributed by atoms with Gasteiger partial charge in [0.25, 0.3) is 10.0 Å². The summed E-state index contributed by atoms with van der Waals surface area (Å²) in [6.45, 7) is 7.77. The number of nitrogens with zero attached hydrogens (tertiary/aromatic N) is 2. The van der Waals surface area contributed by atoms with Gasteiger partial charge in [-0.1, -0.05) is 0 Å². The Morgan fingerprint density at radius 2 is 1.50 bits per heavy atom. The minimum absolute atomic E-state index is 0.0267. The van der Waals surface area contributed by atoms with E-state index in [1.54, 1.807) is 24.3 Å². The Bertz CT molecular complexity index is 757. The summed E-state index contributed by atoms with van der Waals surface area (Å²) in [6, 6.07) is 9.67. The summed E-state index contributed by atoms with van der Waals surface area (Å²) in [5.74, 6) is 1.36. The van der Waals surface area contributed by atoms with Gasteiger partial charge in [-0.25, -0.2) is 8.42 Å². The van der Waals surface area contributed by atoms with Gasteiger partial charge in [0.15, 0.2) is 5.82 Å². The van der Waals surface area contributed by atoms with Crippen LogP contribution in [0.5, 0.6) is 5.75 Å². The molecule has 0 aliphatic carbocycles. The molecule has 1 heterocycles. The van der Waals surface area contributed by atoms with Crippen molar-refractivity contribution in [3.05, 3.63) is 36.4 Å². The highest BCUT2D eigenvalue weighted by Crippen LogP contribution is 2.19. The maximum absolute atomic E-state index is 12.4. The van der Waals surface area contributed by atoms with Gasteiger partial charge >= 0.3 is 0 Å². The van der Waals surface area contributed by atoms with Gasteiger partial charge in [0.05, 0.1) is 11.0 Å². The van der Waals surface area contributed by atoms with Crippen molar-refractivity contribution in [2.24, 2.45) is 0 Å². The van der Waals surface area contributed by atoms with Crippen molar-refractivity contribution in [3.8, 4) is 5.75 Å². The van der Waals surface area contributed by atoms with Crippen LogP contribution in [-0.2, 0) is 10.0 Å². The minimum atomic E-state index is -3.72. The molecule has 0 radical (unpaired) electrons. The van der Waals surface area contributed by atoms with Crippen LogP contribution in [0.2, 0.25) is 0 Å². The summed E-state index contributed by atoms with van der Waals surface area (Å²) in [5.41, 5.74) is 0. The molecule has 2 rings (SSSR count). The van der Waals surface area contributed by atoms with Crippen molar-refractivity contribution in [1.29, 1.82) is 0 Å². The van der Waals surface area contributed by atoms with Crippen molar-refractivity contribution < 1.29 is 13.2 Å². The fourth-order valence-electron chi connectivity index (χ4n) is 1.93. The van der Waals surface area contributed by atoms with E-state index >= 15 is 0 Å². The highest BCUT2D eigenvalue weighted by Gasteiger charge is 2.15. The first-order valence-corrected chi connectivity index (χ1v) is 9.14. The molecule has 0 bridgehead atoms. The normalized spacial score (nSPS) is 11.6. The van der Waals surface area contributed by atoms with Crippen molar-refractivity contribution in [3.63, 3.8) is 0 Å². The quantitative estimate of drug-likeness (QED) is 0.797. The molecule has 0 aliphatic heterocycles.